The second kappa shape index (κ2) is 8.87. The molecule has 0 aromatic heterocycles. The van der Waals surface area contributed by atoms with Gasteiger partial charge in [-0.25, -0.2) is 4.79 Å². The van der Waals surface area contributed by atoms with E-state index in [1.165, 1.54) is 4.90 Å². The number of amides is 4. The highest BCUT2D eigenvalue weighted by Crippen LogP contribution is 2.32. The number of carbonyl (C=O) groups is 3. The summed E-state index contributed by atoms with van der Waals surface area (Å²) in [5, 5.41) is 2.79. The maximum atomic E-state index is 13.2. The number of urea groups is 1. The van der Waals surface area contributed by atoms with E-state index in [2.05, 4.69) is 21.2 Å². The number of nitrogens with zero attached hydrogens (tertiary/aromatic N) is 2. The number of likely N-dealkylation sites (N-methyl/N-ethyl adjacent to an activating group) is 1. The Balaban J connectivity index is 1.76. The molecule has 1 atom stereocenters. The fourth-order valence-electron chi connectivity index (χ4n) is 3.60. The van der Waals surface area contributed by atoms with Crippen molar-refractivity contribution in [2.24, 2.45) is 0 Å². The van der Waals surface area contributed by atoms with E-state index >= 15 is 0 Å². The summed E-state index contributed by atoms with van der Waals surface area (Å²) in [5.41, 5.74) is 0.366. The minimum atomic E-state index is -1.15. The largest absolute Gasteiger partial charge is 0.496 e. The van der Waals surface area contributed by atoms with E-state index in [4.69, 9.17) is 4.74 Å². The van der Waals surface area contributed by atoms with Crippen molar-refractivity contribution in [3.05, 3.63) is 64.1 Å². The van der Waals surface area contributed by atoms with Crippen molar-refractivity contribution in [1.29, 1.82) is 0 Å². The summed E-state index contributed by atoms with van der Waals surface area (Å²) in [5.74, 6) is -0.106. The highest BCUT2D eigenvalue weighted by atomic mass is 79.9. The Bertz CT molecular complexity index is 966. The van der Waals surface area contributed by atoms with Gasteiger partial charge < -0.3 is 15.0 Å². The number of halogens is 1. The normalized spacial score (nSPS) is 18.3. The predicted molar refractivity (Wildman–Crippen MR) is 116 cm³/mol. The number of carbonyl (C=O) groups excluding carboxylic acids is 3. The number of imide groups is 1. The first kappa shape index (κ1) is 21.8. The van der Waals surface area contributed by atoms with Gasteiger partial charge in [0.15, 0.2) is 0 Å². The minimum Gasteiger partial charge on any atom is -0.496 e. The molecule has 0 unspecified atom stereocenters. The zero-order valence-electron chi connectivity index (χ0n) is 17.1. The molecule has 4 amide bonds. The van der Waals surface area contributed by atoms with Gasteiger partial charge in [0.2, 0.25) is 5.91 Å². The van der Waals surface area contributed by atoms with Crippen LogP contribution in [0.4, 0.5) is 4.79 Å². The molecule has 1 fully saturated rings. The first-order valence-electron chi connectivity index (χ1n) is 9.58. The lowest BCUT2D eigenvalue weighted by Gasteiger charge is -2.26. The Morgan fingerprint density at radius 3 is 2.53 bits per heavy atom. The highest BCUT2D eigenvalue weighted by molar-refractivity contribution is 9.10. The molecule has 1 heterocycles. The quantitative estimate of drug-likeness (QED) is 0.625. The van der Waals surface area contributed by atoms with Crippen LogP contribution in [0.1, 0.15) is 24.5 Å². The van der Waals surface area contributed by atoms with Crippen molar-refractivity contribution in [2.45, 2.75) is 25.4 Å². The van der Waals surface area contributed by atoms with E-state index in [-0.39, 0.29) is 19.0 Å². The standard InChI is InChI=1S/C22H24BrN3O4/c1-4-22(16-8-6-5-7-9-16)20(28)26(21(29)24-22)14-19(27)25(2)13-15-12-17(23)10-11-18(15)30-3/h5-12H,4,13-14H2,1-3H3,(H,24,29)/t22-/m0/s1. The second-order valence-corrected chi connectivity index (χ2v) is 8.07. The van der Waals surface area contributed by atoms with E-state index < -0.39 is 17.5 Å². The van der Waals surface area contributed by atoms with Gasteiger partial charge in [-0.3, -0.25) is 14.5 Å². The van der Waals surface area contributed by atoms with Crippen molar-refractivity contribution >= 4 is 33.8 Å². The van der Waals surface area contributed by atoms with Crippen LogP contribution in [0.2, 0.25) is 0 Å². The maximum absolute atomic E-state index is 13.2. The molecule has 0 bridgehead atoms. The van der Waals surface area contributed by atoms with Gasteiger partial charge in [-0.2, -0.15) is 0 Å². The van der Waals surface area contributed by atoms with Crippen LogP contribution in [0.25, 0.3) is 0 Å². The third kappa shape index (κ3) is 4.05. The van der Waals surface area contributed by atoms with Crippen LogP contribution in [-0.2, 0) is 21.7 Å². The molecule has 2 aromatic carbocycles. The van der Waals surface area contributed by atoms with Crippen LogP contribution in [0.3, 0.4) is 0 Å². The Labute approximate surface area is 184 Å². The van der Waals surface area contributed by atoms with Crippen molar-refractivity contribution in [3.63, 3.8) is 0 Å². The molecule has 0 saturated carbocycles. The van der Waals surface area contributed by atoms with Gasteiger partial charge in [0.25, 0.3) is 5.91 Å². The van der Waals surface area contributed by atoms with E-state index in [1.54, 1.807) is 26.3 Å². The summed E-state index contributed by atoms with van der Waals surface area (Å²) in [7, 11) is 3.20. The molecule has 1 aliphatic rings. The van der Waals surface area contributed by atoms with Gasteiger partial charge in [0, 0.05) is 23.6 Å². The van der Waals surface area contributed by atoms with Gasteiger partial charge >= 0.3 is 6.03 Å². The van der Waals surface area contributed by atoms with Crippen LogP contribution in [0, 0.1) is 0 Å². The van der Waals surface area contributed by atoms with Crippen molar-refractivity contribution in [2.75, 3.05) is 20.7 Å². The van der Waals surface area contributed by atoms with E-state index in [0.29, 0.717) is 17.7 Å². The fourth-order valence-corrected chi connectivity index (χ4v) is 4.01. The summed E-state index contributed by atoms with van der Waals surface area (Å²) in [6.45, 7) is 1.79. The second-order valence-electron chi connectivity index (χ2n) is 7.15. The van der Waals surface area contributed by atoms with Gasteiger partial charge in [-0.05, 0) is 30.2 Å². The minimum absolute atomic E-state index is 0.280. The lowest BCUT2D eigenvalue weighted by Crippen LogP contribution is -2.45. The molecule has 1 N–H and O–H groups in total. The molecule has 0 spiro atoms. The summed E-state index contributed by atoms with van der Waals surface area (Å²) >= 11 is 3.42. The Kier molecular flexibility index (Phi) is 6.45. The molecule has 158 valence electrons. The molecule has 3 rings (SSSR count). The van der Waals surface area contributed by atoms with Crippen LogP contribution in [-0.4, -0.2) is 48.3 Å². The number of hydrogen-bond acceptors (Lipinski definition) is 4. The van der Waals surface area contributed by atoms with Gasteiger partial charge in [0.05, 0.1) is 7.11 Å². The predicted octanol–water partition coefficient (Wildman–Crippen LogP) is 3.27. The zero-order valence-corrected chi connectivity index (χ0v) is 18.7. The molecule has 0 aliphatic carbocycles. The molecule has 0 radical (unpaired) electrons. The smallest absolute Gasteiger partial charge is 0.325 e. The van der Waals surface area contributed by atoms with Gasteiger partial charge in [-0.15, -0.1) is 0 Å². The molecule has 2 aromatic rings. The molecule has 7 nitrogen and oxygen atoms in total. The molecule has 1 aliphatic heterocycles. The van der Waals surface area contributed by atoms with Crippen molar-refractivity contribution in [1.82, 2.24) is 15.1 Å². The number of hydrogen-bond donors (Lipinski definition) is 1. The Morgan fingerprint density at radius 1 is 1.20 bits per heavy atom. The average molecular weight is 474 g/mol. The Hall–Kier alpha value is -2.87. The first-order chi connectivity index (χ1) is 14.3. The zero-order chi connectivity index (χ0) is 21.9. The number of ether oxygens (including phenoxy) is 1. The lowest BCUT2D eigenvalue weighted by atomic mass is 9.87. The van der Waals surface area contributed by atoms with Gasteiger partial charge in [-0.1, -0.05) is 53.2 Å². The first-order valence-corrected chi connectivity index (χ1v) is 10.4. The number of rotatable bonds is 7. The summed E-state index contributed by atoms with van der Waals surface area (Å²) in [6, 6.07) is 14.1. The topological polar surface area (TPSA) is 79.0 Å². The van der Waals surface area contributed by atoms with Gasteiger partial charge in [0.1, 0.15) is 17.8 Å². The number of benzene rings is 2. The monoisotopic (exact) mass is 473 g/mol. The average Bonchev–Trinajstić information content (AvgIpc) is 2.99. The third-order valence-electron chi connectivity index (χ3n) is 5.34. The molecular weight excluding hydrogens is 450 g/mol. The molecule has 8 heteroatoms. The highest BCUT2D eigenvalue weighted by Gasteiger charge is 2.51. The van der Waals surface area contributed by atoms with E-state index in [0.717, 1.165) is 14.9 Å². The molecular formula is C22H24BrN3O4. The van der Waals surface area contributed by atoms with Crippen LogP contribution >= 0.6 is 15.9 Å². The summed E-state index contributed by atoms with van der Waals surface area (Å²) in [4.78, 5) is 41.0. The lowest BCUT2D eigenvalue weighted by molar-refractivity contribution is -0.138. The van der Waals surface area contributed by atoms with E-state index in [9.17, 15) is 14.4 Å². The molecule has 30 heavy (non-hydrogen) atoms. The summed E-state index contributed by atoms with van der Waals surface area (Å²) < 4.78 is 6.22. The van der Waals surface area contributed by atoms with Crippen molar-refractivity contribution < 1.29 is 19.1 Å². The SMILES string of the molecule is CC[C@@]1(c2ccccc2)NC(=O)N(CC(=O)N(C)Cc2cc(Br)ccc2OC)C1=O. The summed E-state index contributed by atoms with van der Waals surface area (Å²) in [6.07, 6.45) is 0.386. The number of nitrogens with one attached hydrogen (secondary N) is 1. The Morgan fingerprint density at radius 2 is 1.90 bits per heavy atom. The van der Waals surface area contributed by atoms with Crippen LogP contribution in [0.5, 0.6) is 5.75 Å². The number of methoxy groups -OCH3 is 1. The molecule has 1 saturated heterocycles. The third-order valence-corrected chi connectivity index (χ3v) is 5.83. The van der Waals surface area contributed by atoms with Crippen LogP contribution < -0.4 is 10.1 Å². The van der Waals surface area contributed by atoms with Crippen LogP contribution in [0.15, 0.2) is 53.0 Å². The van der Waals surface area contributed by atoms with E-state index in [1.807, 2.05) is 43.3 Å². The maximum Gasteiger partial charge on any atom is 0.325 e. The fraction of sp³-hybridized carbons (Fsp3) is 0.318. The van der Waals surface area contributed by atoms with Crippen molar-refractivity contribution in [3.8, 4) is 5.75 Å².